The molecule has 0 aromatic rings. The second kappa shape index (κ2) is 8.64. The SMILES string of the molecule is C=CC(=O)OCCCCOC(=O)CC(C)=O. The fourth-order valence-electron chi connectivity index (χ4n) is 0.876. The van der Waals surface area contributed by atoms with Crippen molar-refractivity contribution in [1.82, 2.24) is 0 Å². The van der Waals surface area contributed by atoms with Gasteiger partial charge < -0.3 is 9.47 Å². The van der Waals surface area contributed by atoms with Gasteiger partial charge in [0.25, 0.3) is 0 Å². The van der Waals surface area contributed by atoms with Gasteiger partial charge in [-0.3, -0.25) is 9.59 Å². The number of hydrogen-bond acceptors (Lipinski definition) is 5. The van der Waals surface area contributed by atoms with Gasteiger partial charge in [-0.05, 0) is 19.8 Å². The molecular weight excluding hydrogens is 212 g/mol. The number of rotatable bonds is 8. The third-order valence-electron chi connectivity index (χ3n) is 1.61. The van der Waals surface area contributed by atoms with Crippen molar-refractivity contribution in [2.75, 3.05) is 13.2 Å². The topological polar surface area (TPSA) is 69.7 Å². The Morgan fingerprint density at radius 1 is 1.12 bits per heavy atom. The summed E-state index contributed by atoms with van der Waals surface area (Å²) in [6, 6.07) is 0. The van der Waals surface area contributed by atoms with Gasteiger partial charge in [0.15, 0.2) is 0 Å². The van der Waals surface area contributed by atoms with E-state index in [4.69, 9.17) is 9.47 Å². The third-order valence-corrected chi connectivity index (χ3v) is 1.61. The maximum absolute atomic E-state index is 10.9. The van der Waals surface area contributed by atoms with Gasteiger partial charge in [-0.1, -0.05) is 6.58 Å². The minimum absolute atomic E-state index is 0.189. The zero-order chi connectivity index (χ0) is 12.4. The molecular formula is C11H16O5. The summed E-state index contributed by atoms with van der Waals surface area (Å²) < 4.78 is 9.48. The number of Topliss-reactive ketones (excluding diaryl/α,β-unsaturated/α-hetero) is 1. The average Bonchev–Trinajstić information content (AvgIpc) is 2.21. The molecule has 0 saturated carbocycles. The van der Waals surface area contributed by atoms with Crippen LogP contribution in [-0.2, 0) is 23.9 Å². The lowest BCUT2D eigenvalue weighted by Crippen LogP contribution is -2.10. The number of unbranched alkanes of at least 4 members (excludes halogenated alkanes) is 1. The highest BCUT2D eigenvalue weighted by Gasteiger charge is 2.05. The molecule has 5 nitrogen and oxygen atoms in total. The molecule has 0 saturated heterocycles. The van der Waals surface area contributed by atoms with Crippen molar-refractivity contribution in [2.45, 2.75) is 26.2 Å². The van der Waals surface area contributed by atoms with Gasteiger partial charge in [0.2, 0.25) is 0 Å². The predicted octanol–water partition coefficient (Wildman–Crippen LogP) is 1.02. The van der Waals surface area contributed by atoms with E-state index < -0.39 is 11.9 Å². The Balaban J connectivity index is 3.33. The minimum atomic E-state index is -0.518. The molecule has 0 radical (unpaired) electrons. The van der Waals surface area contributed by atoms with Crippen LogP contribution in [0.5, 0.6) is 0 Å². The summed E-state index contributed by atoms with van der Waals surface area (Å²) in [7, 11) is 0. The van der Waals surface area contributed by atoms with Crippen LogP contribution in [0.15, 0.2) is 12.7 Å². The molecule has 0 heterocycles. The second-order valence-corrected chi connectivity index (χ2v) is 3.18. The van der Waals surface area contributed by atoms with Gasteiger partial charge in [-0.15, -0.1) is 0 Å². The quantitative estimate of drug-likeness (QED) is 0.268. The van der Waals surface area contributed by atoms with Crippen LogP contribution in [-0.4, -0.2) is 30.9 Å². The van der Waals surface area contributed by atoms with Crippen molar-refractivity contribution >= 4 is 17.7 Å². The highest BCUT2D eigenvalue weighted by molar-refractivity contribution is 5.94. The lowest BCUT2D eigenvalue weighted by Gasteiger charge is -2.03. The fourth-order valence-corrected chi connectivity index (χ4v) is 0.876. The Bertz CT molecular complexity index is 270. The number of ether oxygens (including phenoxy) is 2. The van der Waals surface area contributed by atoms with Gasteiger partial charge in [0.1, 0.15) is 12.2 Å². The summed E-state index contributed by atoms with van der Waals surface area (Å²) >= 11 is 0. The van der Waals surface area contributed by atoms with E-state index >= 15 is 0 Å². The highest BCUT2D eigenvalue weighted by atomic mass is 16.5. The van der Waals surface area contributed by atoms with E-state index in [0.29, 0.717) is 12.8 Å². The average molecular weight is 228 g/mol. The number of hydrogen-bond donors (Lipinski definition) is 0. The van der Waals surface area contributed by atoms with Crippen molar-refractivity contribution in [3.8, 4) is 0 Å². The van der Waals surface area contributed by atoms with Crippen LogP contribution in [0.25, 0.3) is 0 Å². The number of ketones is 1. The van der Waals surface area contributed by atoms with Gasteiger partial charge >= 0.3 is 11.9 Å². The summed E-state index contributed by atoms with van der Waals surface area (Å²) in [5, 5.41) is 0. The molecule has 0 rings (SSSR count). The largest absolute Gasteiger partial charge is 0.465 e. The Hall–Kier alpha value is -1.65. The normalized spacial score (nSPS) is 9.31. The molecule has 0 unspecified atom stereocenters. The van der Waals surface area contributed by atoms with Crippen LogP contribution in [0, 0.1) is 0 Å². The van der Waals surface area contributed by atoms with Crippen LogP contribution >= 0.6 is 0 Å². The molecule has 0 N–H and O–H groups in total. The maximum Gasteiger partial charge on any atom is 0.330 e. The summed E-state index contributed by atoms with van der Waals surface area (Å²) in [4.78, 5) is 32.0. The smallest absolute Gasteiger partial charge is 0.330 e. The van der Waals surface area contributed by atoms with Gasteiger partial charge in [0, 0.05) is 6.08 Å². The van der Waals surface area contributed by atoms with E-state index in [0.717, 1.165) is 6.08 Å². The minimum Gasteiger partial charge on any atom is -0.465 e. The summed E-state index contributed by atoms with van der Waals surface area (Å²) in [5.74, 6) is -1.20. The monoisotopic (exact) mass is 228 g/mol. The fraction of sp³-hybridized carbons (Fsp3) is 0.545. The number of carbonyl (C=O) groups is 3. The van der Waals surface area contributed by atoms with Crippen molar-refractivity contribution < 1.29 is 23.9 Å². The molecule has 0 aromatic carbocycles. The first-order valence-corrected chi connectivity index (χ1v) is 5.00. The van der Waals surface area contributed by atoms with Crippen molar-refractivity contribution in [3.63, 3.8) is 0 Å². The number of esters is 2. The van der Waals surface area contributed by atoms with Gasteiger partial charge in [0.05, 0.1) is 13.2 Å². The molecule has 0 aliphatic carbocycles. The first kappa shape index (κ1) is 14.3. The van der Waals surface area contributed by atoms with Crippen LogP contribution in [0.2, 0.25) is 0 Å². The van der Waals surface area contributed by atoms with E-state index in [2.05, 4.69) is 6.58 Å². The van der Waals surface area contributed by atoms with E-state index in [1.54, 1.807) is 0 Å². The summed E-state index contributed by atoms with van der Waals surface area (Å²) in [6.45, 7) is 5.09. The Morgan fingerprint density at radius 2 is 1.69 bits per heavy atom. The number of carbonyl (C=O) groups excluding carboxylic acids is 3. The van der Waals surface area contributed by atoms with Crippen LogP contribution < -0.4 is 0 Å². The van der Waals surface area contributed by atoms with E-state index in [1.807, 2.05) is 0 Å². The lowest BCUT2D eigenvalue weighted by atomic mass is 10.3. The molecule has 0 amide bonds. The molecule has 16 heavy (non-hydrogen) atoms. The van der Waals surface area contributed by atoms with Gasteiger partial charge in [-0.2, -0.15) is 0 Å². The van der Waals surface area contributed by atoms with Crippen LogP contribution in [0.3, 0.4) is 0 Å². The Kier molecular flexibility index (Phi) is 7.75. The zero-order valence-electron chi connectivity index (χ0n) is 9.36. The standard InChI is InChI=1S/C11H16O5/c1-3-10(13)15-6-4-5-7-16-11(14)8-9(2)12/h3H,1,4-8H2,2H3. The highest BCUT2D eigenvalue weighted by Crippen LogP contribution is 1.95. The molecule has 0 spiro atoms. The second-order valence-electron chi connectivity index (χ2n) is 3.18. The third kappa shape index (κ3) is 8.93. The molecule has 0 atom stereocenters. The molecule has 0 bridgehead atoms. The van der Waals surface area contributed by atoms with Crippen molar-refractivity contribution in [3.05, 3.63) is 12.7 Å². The molecule has 0 aliphatic rings. The summed E-state index contributed by atoms with van der Waals surface area (Å²) in [6.07, 6.45) is 2.10. The first-order chi connectivity index (χ1) is 7.56. The van der Waals surface area contributed by atoms with Crippen molar-refractivity contribution in [1.29, 1.82) is 0 Å². The molecule has 0 fully saturated rings. The molecule has 90 valence electrons. The van der Waals surface area contributed by atoms with E-state index in [1.165, 1.54) is 6.92 Å². The van der Waals surface area contributed by atoms with Crippen LogP contribution in [0.1, 0.15) is 26.2 Å². The summed E-state index contributed by atoms with van der Waals surface area (Å²) in [5.41, 5.74) is 0. The lowest BCUT2D eigenvalue weighted by molar-refractivity contribution is -0.146. The van der Waals surface area contributed by atoms with Crippen LogP contribution in [0.4, 0.5) is 0 Å². The predicted molar refractivity (Wildman–Crippen MR) is 56.6 cm³/mol. The molecule has 5 heteroatoms. The molecule has 0 aromatic heterocycles. The zero-order valence-corrected chi connectivity index (χ0v) is 9.36. The van der Waals surface area contributed by atoms with E-state index in [9.17, 15) is 14.4 Å². The van der Waals surface area contributed by atoms with Gasteiger partial charge in [-0.25, -0.2) is 4.79 Å². The first-order valence-electron chi connectivity index (χ1n) is 5.00. The van der Waals surface area contributed by atoms with Crippen molar-refractivity contribution in [2.24, 2.45) is 0 Å². The maximum atomic E-state index is 10.9. The Morgan fingerprint density at radius 3 is 2.19 bits per heavy atom. The van der Waals surface area contributed by atoms with E-state index in [-0.39, 0.29) is 25.4 Å². The Labute approximate surface area is 94.4 Å². The molecule has 0 aliphatic heterocycles.